The molecular weight excluding hydrogens is 424 g/mol. The van der Waals surface area contributed by atoms with Crippen molar-refractivity contribution in [3.8, 4) is 22.9 Å². The highest BCUT2D eigenvalue weighted by Crippen LogP contribution is 2.23. The van der Waals surface area contributed by atoms with Crippen molar-refractivity contribution >= 4 is 12.2 Å². The largest absolute Gasteiger partial charge is 0.534 e. The molecule has 0 bridgehead atoms. The Labute approximate surface area is 194 Å². The van der Waals surface area contributed by atoms with E-state index in [0.717, 1.165) is 16.2 Å². The van der Waals surface area contributed by atoms with Crippen LogP contribution in [-0.4, -0.2) is 41.7 Å². The first kappa shape index (κ1) is 25.5. The number of carbonyl (C=O) groups is 2. The van der Waals surface area contributed by atoms with Crippen LogP contribution < -0.4 is 4.74 Å². The molecule has 0 aromatic heterocycles. The van der Waals surface area contributed by atoms with Crippen LogP contribution in [0.15, 0.2) is 48.5 Å². The van der Waals surface area contributed by atoms with Gasteiger partial charge in [-0.2, -0.15) is 5.26 Å². The molecule has 8 nitrogen and oxygen atoms in total. The van der Waals surface area contributed by atoms with E-state index < -0.39 is 23.5 Å². The molecule has 2 aromatic rings. The molecule has 0 fully saturated rings. The highest BCUT2D eigenvalue weighted by Gasteiger charge is 2.28. The van der Waals surface area contributed by atoms with Gasteiger partial charge < -0.3 is 19.0 Å². The molecule has 0 atom stereocenters. The number of carbonyl (C=O) groups excluding carboxylic acids is 2. The first-order valence-corrected chi connectivity index (χ1v) is 10.5. The van der Waals surface area contributed by atoms with E-state index in [1.165, 1.54) is 0 Å². The van der Waals surface area contributed by atoms with Crippen molar-refractivity contribution < 1.29 is 28.6 Å². The molecule has 2 rings (SSSR count). The molecule has 0 aliphatic heterocycles. The molecule has 0 saturated carbocycles. The van der Waals surface area contributed by atoms with Crippen molar-refractivity contribution in [3.05, 3.63) is 54.1 Å². The van der Waals surface area contributed by atoms with Crippen LogP contribution in [0.1, 0.15) is 47.1 Å². The van der Waals surface area contributed by atoms with Crippen molar-refractivity contribution in [2.45, 2.75) is 52.7 Å². The van der Waals surface area contributed by atoms with Crippen LogP contribution in [0.4, 0.5) is 9.59 Å². The first-order valence-electron chi connectivity index (χ1n) is 10.5. The van der Waals surface area contributed by atoms with Gasteiger partial charge in [0.25, 0.3) is 0 Å². The number of amides is 1. The molecule has 0 N–H and O–H groups in total. The van der Waals surface area contributed by atoms with E-state index in [4.69, 9.17) is 24.3 Å². The molecule has 8 heteroatoms. The van der Waals surface area contributed by atoms with Crippen LogP contribution in [0.3, 0.4) is 0 Å². The zero-order valence-corrected chi connectivity index (χ0v) is 19.9. The van der Waals surface area contributed by atoms with Crippen molar-refractivity contribution in [1.82, 2.24) is 5.06 Å². The second kappa shape index (κ2) is 10.7. The van der Waals surface area contributed by atoms with E-state index >= 15 is 0 Å². The molecule has 33 heavy (non-hydrogen) atoms. The summed E-state index contributed by atoms with van der Waals surface area (Å²) in [4.78, 5) is 29.5. The average molecular weight is 455 g/mol. The second-order valence-corrected chi connectivity index (χ2v) is 9.20. The normalized spacial score (nSPS) is 11.2. The maximum atomic E-state index is 12.4. The summed E-state index contributed by atoms with van der Waals surface area (Å²) in [5.74, 6) is 0.578. The van der Waals surface area contributed by atoms with Crippen LogP contribution in [0.25, 0.3) is 11.1 Å². The lowest BCUT2D eigenvalue weighted by atomic mass is 10.0. The number of ether oxygens (including phenoxy) is 3. The second-order valence-electron chi connectivity index (χ2n) is 9.20. The summed E-state index contributed by atoms with van der Waals surface area (Å²) >= 11 is 0. The Bertz CT molecular complexity index is 980. The van der Waals surface area contributed by atoms with Gasteiger partial charge in [0.05, 0.1) is 18.2 Å². The molecule has 0 spiro atoms. The van der Waals surface area contributed by atoms with Gasteiger partial charge in [-0.05, 0) is 76.9 Å². The monoisotopic (exact) mass is 454 g/mol. The Morgan fingerprint density at radius 3 is 1.85 bits per heavy atom. The fourth-order valence-electron chi connectivity index (χ4n) is 2.57. The molecule has 0 saturated heterocycles. The van der Waals surface area contributed by atoms with E-state index in [9.17, 15) is 9.59 Å². The highest BCUT2D eigenvalue weighted by atomic mass is 16.8. The predicted octanol–water partition coefficient (Wildman–Crippen LogP) is 5.71. The van der Waals surface area contributed by atoms with E-state index in [0.29, 0.717) is 11.3 Å². The quantitative estimate of drug-likeness (QED) is 0.422. The summed E-state index contributed by atoms with van der Waals surface area (Å²) in [6.07, 6.45) is -1.84. The van der Waals surface area contributed by atoms with E-state index in [-0.39, 0.29) is 13.2 Å². The minimum Gasteiger partial charge on any atom is -0.492 e. The van der Waals surface area contributed by atoms with E-state index in [1.807, 2.05) is 24.3 Å². The number of nitrogens with zero attached hydrogens (tertiary/aromatic N) is 2. The summed E-state index contributed by atoms with van der Waals surface area (Å²) in [6.45, 7) is 10.2. The minimum absolute atomic E-state index is 0.0538. The lowest BCUT2D eigenvalue weighted by Gasteiger charge is -2.27. The summed E-state index contributed by atoms with van der Waals surface area (Å²) in [5.41, 5.74) is 0.998. The summed E-state index contributed by atoms with van der Waals surface area (Å²) < 4.78 is 16.1. The van der Waals surface area contributed by atoms with Crippen molar-refractivity contribution in [3.63, 3.8) is 0 Å². The molecule has 0 aliphatic rings. The van der Waals surface area contributed by atoms with Gasteiger partial charge in [0, 0.05) is 0 Å². The molecule has 0 unspecified atom stereocenters. The standard InChI is InChI=1S/C25H30N2O6/c1-24(2,3)31-22(28)27(33-23(29)32-25(4,5)6)15-16-30-21-13-11-20(12-14-21)19-9-7-18(17-26)8-10-19/h7-14H,15-16H2,1-6H3. The first-order chi connectivity index (χ1) is 15.4. The molecule has 1 amide bonds. The average Bonchev–Trinajstić information content (AvgIpc) is 2.71. The van der Waals surface area contributed by atoms with Gasteiger partial charge in [0.1, 0.15) is 23.6 Å². The number of hydroxylamine groups is 2. The van der Waals surface area contributed by atoms with Gasteiger partial charge in [-0.3, -0.25) is 0 Å². The molecule has 0 aliphatic carbocycles. The van der Waals surface area contributed by atoms with Crippen LogP contribution >= 0.6 is 0 Å². The Hall–Kier alpha value is -3.73. The van der Waals surface area contributed by atoms with Crippen LogP contribution in [-0.2, 0) is 14.3 Å². The Balaban J connectivity index is 1.98. The maximum Gasteiger partial charge on any atom is 0.534 e. The zero-order chi connectivity index (χ0) is 24.6. The summed E-state index contributed by atoms with van der Waals surface area (Å²) in [7, 11) is 0. The third kappa shape index (κ3) is 9.11. The lowest BCUT2D eigenvalue weighted by molar-refractivity contribution is -0.138. The van der Waals surface area contributed by atoms with Gasteiger partial charge >= 0.3 is 12.2 Å². The van der Waals surface area contributed by atoms with Crippen molar-refractivity contribution in [1.29, 1.82) is 5.26 Å². The number of hydrogen-bond donors (Lipinski definition) is 0. The maximum absolute atomic E-state index is 12.4. The molecule has 0 heterocycles. The SMILES string of the molecule is CC(C)(C)OC(=O)ON(CCOc1ccc(-c2ccc(C#N)cc2)cc1)C(=O)OC(C)(C)C. The third-order valence-electron chi connectivity index (χ3n) is 3.94. The smallest absolute Gasteiger partial charge is 0.492 e. The highest BCUT2D eigenvalue weighted by molar-refractivity contribution is 5.70. The molecule has 176 valence electrons. The number of nitriles is 1. The fraction of sp³-hybridized carbons (Fsp3) is 0.400. The number of rotatable bonds is 5. The topological polar surface area (TPSA) is 98.1 Å². The van der Waals surface area contributed by atoms with Crippen LogP contribution in [0.2, 0.25) is 0 Å². The molecule has 0 radical (unpaired) electrons. The minimum atomic E-state index is -1.01. The van der Waals surface area contributed by atoms with Crippen LogP contribution in [0.5, 0.6) is 5.75 Å². The van der Waals surface area contributed by atoms with Gasteiger partial charge in [0.2, 0.25) is 0 Å². The van der Waals surface area contributed by atoms with Crippen molar-refractivity contribution in [2.75, 3.05) is 13.2 Å². The van der Waals surface area contributed by atoms with Crippen molar-refractivity contribution in [2.24, 2.45) is 0 Å². The molecule has 2 aromatic carbocycles. The predicted molar refractivity (Wildman–Crippen MR) is 122 cm³/mol. The van der Waals surface area contributed by atoms with Crippen LogP contribution in [0, 0.1) is 11.3 Å². The Morgan fingerprint density at radius 1 is 0.848 bits per heavy atom. The zero-order valence-electron chi connectivity index (χ0n) is 19.9. The summed E-state index contributed by atoms with van der Waals surface area (Å²) in [6, 6.07) is 16.7. The third-order valence-corrected chi connectivity index (χ3v) is 3.94. The van der Waals surface area contributed by atoms with Gasteiger partial charge in [-0.1, -0.05) is 24.3 Å². The fourth-order valence-corrected chi connectivity index (χ4v) is 2.57. The van der Waals surface area contributed by atoms with E-state index in [2.05, 4.69) is 6.07 Å². The van der Waals surface area contributed by atoms with Gasteiger partial charge in [-0.15, -0.1) is 5.06 Å². The number of hydrogen-bond acceptors (Lipinski definition) is 7. The van der Waals surface area contributed by atoms with Gasteiger partial charge in [0.15, 0.2) is 0 Å². The summed E-state index contributed by atoms with van der Waals surface area (Å²) in [5, 5.41) is 9.69. The Morgan fingerprint density at radius 2 is 1.36 bits per heavy atom. The Kier molecular flexibility index (Phi) is 8.30. The number of benzene rings is 2. The lowest BCUT2D eigenvalue weighted by Crippen LogP contribution is -2.41. The van der Waals surface area contributed by atoms with Gasteiger partial charge in [-0.25, -0.2) is 9.59 Å². The van der Waals surface area contributed by atoms with E-state index in [1.54, 1.807) is 65.8 Å². The molecular formula is C25H30N2O6.